The van der Waals surface area contributed by atoms with Gasteiger partial charge in [-0.3, -0.25) is 19.5 Å². The van der Waals surface area contributed by atoms with Crippen LogP contribution in [0.15, 0.2) is 54.7 Å². The Bertz CT molecular complexity index is 1120. The van der Waals surface area contributed by atoms with Crippen molar-refractivity contribution in [3.05, 3.63) is 60.3 Å². The highest BCUT2D eigenvalue weighted by molar-refractivity contribution is 5.93. The normalized spacial score (nSPS) is 12.9. The number of carbonyl (C=O) groups is 2. The molecule has 0 spiro atoms. The number of nitrogens with one attached hydrogen (secondary N) is 1. The minimum atomic E-state index is -0.252. The fourth-order valence-electron chi connectivity index (χ4n) is 3.70. The molecule has 1 heterocycles. The van der Waals surface area contributed by atoms with Gasteiger partial charge in [0.15, 0.2) is 0 Å². The molecular weight excluding hydrogens is 416 g/mol. The molecule has 1 aliphatic rings. The molecule has 1 aliphatic carbocycles. The fourth-order valence-corrected chi connectivity index (χ4v) is 3.70. The smallest absolute Gasteiger partial charge is 0.246 e. The predicted octanol–water partition coefficient (Wildman–Crippen LogP) is 4.44. The number of aromatic nitrogens is 2. The number of rotatable bonds is 9. The molecule has 0 atom stereocenters. The van der Waals surface area contributed by atoms with Gasteiger partial charge in [0.05, 0.1) is 19.3 Å². The quantitative estimate of drug-likeness (QED) is 0.527. The van der Waals surface area contributed by atoms with Crippen LogP contribution >= 0.6 is 0 Å². The van der Waals surface area contributed by atoms with Crippen LogP contribution in [0.25, 0.3) is 16.9 Å². The average molecular weight is 447 g/mol. The van der Waals surface area contributed by atoms with Gasteiger partial charge in [0.25, 0.3) is 0 Å². The predicted molar refractivity (Wildman–Crippen MR) is 129 cm³/mol. The second-order valence-electron chi connectivity index (χ2n) is 8.50. The topological polar surface area (TPSA) is 76.5 Å². The number of amides is 2. The van der Waals surface area contributed by atoms with Gasteiger partial charge in [-0.1, -0.05) is 24.6 Å². The van der Waals surface area contributed by atoms with Crippen LogP contribution in [0.1, 0.15) is 31.7 Å². The molecule has 172 valence electrons. The third-order valence-corrected chi connectivity index (χ3v) is 5.82. The Labute approximate surface area is 194 Å². The van der Waals surface area contributed by atoms with Crippen LogP contribution < -0.4 is 10.1 Å². The Hall–Kier alpha value is -3.61. The monoisotopic (exact) mass is 446 g/mol. The minimum absolute atomic E-state index is 0.00199. The average Bonchev–Trinajstić information content (AvgIpc) is 3.56. The first kappa shape index (κ1) is 22.6. The van der Waals surface area contributed by atoms with Crippen LogP contribution in [0, 0.1) is 12.8 Å². The van der Waals surface area contributed by atoms with E-state index in [0.29, 0.717) is 24.8 Å². The summed E-state index contributed by atoms with van der Waals surface area (Å²) in [5, 5.41) is 2.93. The summed E-state index contributed by atoms with van der Waals surface area (Å²) >= 11 is 0. The molecule has 0 aliphatic heterocycles. The van der Waals surface area contributed by atoms with E-state index in [4.69, 9.17) is 9.72 Å². The highest BCUT2D eigenvalue weighted by Crippen LogP contribution is 2.30. The molecule has 1 saturated carbocycles. The summed E-state index contributed by atoms with van der Waals surface area (Å²) < 4.78 is 7.11. The summed E-state index contributed by atoms with van der Waals surface area (Å²) in [6.07, 6.45) is 4.54. The van der Waals surface area contributed by atoms with E-state index in [1.807, 2.05) is 73.1 Å². The molecule has 33 heavy (non-hydrogen) atoms. The van der Waals surface area contributed by atoms with Gasteiger partial charge in [-0.25, -0.2) is 4.98 Å². The van der Waals surface area contributed by atoms with Crippen molar-refractivity contribution >= 4 is 17.8 Å². The van der Waals surface area contributed by atoms with Gasteiger partial charge in [-0.05, 0) is 62.1 Å². The van der Waals surface area contributed by atoms with Crippen molar-refractivity contribution < 1.29 is 14.3 Å². The Morgan fingerprint density at radius 3 is 2.42 bits per heavy atom. The highest BCUT2D eigenvalue weighted by atomic mass is 16.5. The maximum atomic E-state index is 12.9. The first-order valence-corrected chi connectivity index (χ1v) is 11.3. The van der Waals surface area contributed by atoms with Crippen LogP contribution in [0.3, 0.4) is 0 Å². The maximum absolute atomic E-state index is 12.9. The number of methoxy groups -OCH3 is 1. The van der Waals surface area contributed by atoms with Crippen LogP contribution in [0.4, 0.5) is 5.95 Å². The molecule has 3 aromatic rings. The van der Waals surface area contributed by atoms with E-state index in [1.54, 1.807) is 12.0 Å². The number of ether oxygens (including phenoxy) is 1. The number of imidazole rings is 1. The number of anilines is 1. The number of hydrogen-bond donors (Lipinski definition) is 1. The van der Waals surface area contributed by atoms with Crippen LogP contribution in [0.2, 0.25) is 0 Å². The van der Waals surface area contributed by atoms with Gasteiger partial charge in [-0.2, -0.15) is 0 Å². The van der Waals surface area contributed by atoms with Crippen molar-refractivity contribution in [1.29, 1.82) is 0 Å². The van der Waals surface area contributed by atoms with Crippen molar-refractivity contribution in [2.24, 2.45) is 5.92 Å². The summed E-state index contributed by atoms with van der Waals surface area (Å²) in [5.74, 6) is 1.45. The van der Waals surface area contributed by atoms with Gasteiger partial charge in [0.1, 0.15) is 5.75 Å². The van der Waals surface area contributed by atoms with Crippen molar-refractivity contribution in [2.45, 2.75) is 33.1 Å². The largest absolute Gasteiger partial charge is 0.497 e. The van der Waals surface area contributed by atoms with Crippen molar-refractivity contribution in [3.8, 4) is 22.7 Å². The lowest BCUT2D eigenvalue weighted by molar-refractivity contribution is -0.134. The Balaban J connectivity index is 1.60. The third kappa shape index (κ3) is 5.61. The molecule has 1 aromatic heterocycles. The van der Waals surface area contributed by atoms with Gasteiger partial charge >= 0.3 is 0 Å². The second kappa shape index (κ2) is 9.90. The molecule has 2 aromatic carbocycles. The van der Waals surface area contributed by atoms with Gasteiger partial charge < -0.3 is 9.64 Å². The minimum Gasteiger partial charge on any atom is -0.497 e. The van der Waals surface area contributed by atoms with Gasteiger partial charge in [-0.15, -0.1) is 0 Å². The molecular formula is C26H30N4O3. The summed E-state index contributed by atoms with van der Waals surface area (Å²) in [6, 6.07) is 15.6. The lowest BCUT2D eigenvalue weighted by Crippen LogP contribution is -2.39. The van der Waals surface area contributed by atoms with Gasteiger partial charge in [0.2, 0.25) is 17.8 Å². The highest BCUT2D eigenvalue weighted by Gasteiger charge is 2.27. The maximum Gasteiger partial charge on any atom is 0.246 e. The molecule has 0 radical (unpaired) electrons. The SMILES string of the molecule is CCC(=O)N(CC(=O)Nc1nc(-c2ccc(OC)cc2)cn1-c1ccc(C)cc1)CC1CC1. The number of hydrogen-bond acceptors (Lipinski definition) is 4. The zero-order valence-corrected chi connectivity index (χ0v) is 19.4. The molecule has 4 rings (SSSR count). The third-order valence-electron chi connectivity index (χ3n) is 5.82. The molecule has 1 fully saturated rings. The van der Waals surface area contributed by atoms with Crippen molar-refractivity contribution in [3.63, 3.8) is 0 Å². The van der Waals surface area contributed by atoms with Crippen molar-refractivity contribution in [1.82, 2.24) is 14.5 Å². The lowest BCUT2D eigenvalue weighted by atomic mass is 10.1. The standard InChI is InChI=1S/C26H30N4O3/c1-4-25(32)29(15-19-7-8-19)17-24(31)28-26-27-23(20-9-13-22(33-3)14-10-20)16-30(26)21-11-5-18(2)6-12-21/h5-6,9-14,16,19H,4,7-8,15,17H2,1-3H3,(H,27,28,31). The van der Waals surface area contributed by atoms with E-state index in [-0.39, 0.29) is 18.4 Å². The molecule has 0 bridgehead atoms. The Kier molecular flexibility index (Phi) is 6.77. The van der Waals surface area contributed by atoms with E-state index >= 15 is 0 Å². The first-order chi connectivity index (χ1) is 16.0. The second-order valence-corrected chi connectivity index (χ2v) is 8.50. The molecule has 1 N–H and O–H groups in total. The number of benzene rings is 2. The summed E-state index contributed by atoms with van der Waals surface area (Å²) in [7, 11) is 1.63. The summed E-state index contributed by atoms with van der Waals surface area (Å²) in [4.78, 5) is 31.6. The number of nitrogens with zero attached hydrogens (tertiary/aromatic N) is 3. The zero-order chi connectivity index (χ0) is 23.4. The molecule has 0 saturated heterocycles. The van der Waals surface area contributed by atoms with E-state index in [1.165, 1.54) is 0 Å². The van der Waals surface area contributed by atoms with E-state index < -0.39 is 0 Å². The Morgan fingerprint density at radius 1 is 1.12 bits per heavy atom. The van der Waals surface area contributed by atoms with E-state index in [2.05, 4.69) is 5.32 Å². The molecule has 7 heteroatoms. The van der Waals surface area contributed by atoms with Crippen molar-refractivity contribution in [2.75, 3.05) is 25.5 Å². The fraction of sp³-hybridized carbons (Fsp3) is 0.346. The summed E-state index contributed by atoms with van der Waals surface area (Å²) in [6.45, 7) is 4.53. The summed E-state index contributed by atoms with van der Waals surface area (Å²) in [5.41, 5.74) is 3.68. The number of carbonyl (C=O) groups excluding carboxylic acids is 2. The van der Waals surface area contributed by atoms with Gasteiger partial charge in [0, 0.05) is 30.4 Å². The van der Waals surface area contributed by atoms with E-state index in [9.17, 15) is 9.59 Å². The van der Waals surface area contributed by atoms with Crippen LogP contribution in [-0.2, 0) is 9.59 Å². The zero-order valence-electron chi connectivity index (χ0n) is 19.4. The number of aryl methyl sites for hydroxylation is 1. The van der Waals surface area contributed by atoms with E-state index in [0.717, 1.165) is 41.1 Å². The van der Waals surface area contributed by atoms with Crippen LogP contribution in [-0.4, -0.2) is 46.5 Å². The Morgan fingerprint density at radius 2 is 1.82 bits per heavy atom. The van der Waals surface area contributed by atoms with Crippen LogP contribution in [0.5, 0.6) is 5.75 Å². The first-order valence-electron chi connectivity index (χ1n) is 11.3. The molecule has 2 amide bonds. The molecule has 0 unspecified atom stereocenters. The molecule has 7 nitrogen and oxygen atoms in total. The lowest BCUT2D eigenvalue weighted by Gasteiger charge is -2.21.